The van der Waals surface area contributed by atoms with Crippen molar-refractivity contribution in [3.63, 3.8) is 0 Å². The van der Waals surface area contributed by atoms with Gasteiger partial charge >= 0.3 is 0 Å². The summed E-state index contributed by atoms with van der Waals surface area (Å²) < 4.78 is 0. The molecule has 1 aliphatic rings. The summed E-state index contributed by atoms with van der Waals surface area (Å²) in [6.07, 6.45) is 2.56. The minimum Gasteiger partial charge on any atom is -0.384 e. The van der Waals surface area contributed by atoms with Gasteiger partial charge in [-0.1, -0.05) is 24.3 Å². The van der Waals surface area contributed by atoms with Gasteiger partial charge in [0.2, 0.25) is 0 Å². The number of benzene rings is 1. The van der Waals surface area contributed by atoms with E-state index < -0.39 is 5.60 Å². The smallest absolute Gasteiger partial charge is 0.104 e. The maximum absolute atomic E-state index is 11.1. The van der Waals surface area contributed by atoms with Crippen LogP contribution in [-0.4, -0.2) is 33.3 Å². The van der Waals surface area contributed by atoms with E-state index in [-0.39, 0.29) is 0 Å². The fourth-order valence-corrected chi connectivity index (χ4v) is 4.57. The molecule has 0 bridgehead atoms. The summed E-state index contributed by atoms with van der Waals surface area (Å²) in [5.74, 6) is 0. The number of nitrogens with zero attached hydrogens (tertiary/aromatic N) is 2. The van der Waals surface area contributed by atoms with Crippen LogP contribution in [0.4, 0.5) is 0 Å². The van der Waals surface area contributed by atoms with E-state index in [0.29, 0.717) is 6.54 Å². The number of aromatic amines is 1. The first-order valence-electron chi connectivity index (χ1n) is 8.23. The normalized spacial score (nSPS) is 21.4. The third kappa shape index (κ3) is 2.90. The van der Waals surface area contributed by atoms with Crippen LogP contribution in [0.15, 0.2) is 48.7 Å². The van der Waals surface area contributed by atoms with E-state index in [9.17, 15) is 5.11 Å². The van der Waals surface area contributed by atoms with Crippen molar-refractivity contribution in [2.75, 3.05) is 13.1 Å². The number of aromatic nitrogens is 2. The van der Waals surface area contributed by atoms with Crippen LogP contribution in [0, 0.1) is 6.92 Å². The van der Waals surface area contributed by atoms with E-state index in [4.69, 9.17) is 0 Å². The van der Waals surface area contributed by atoms with Gasteiger partial charge in [0.1, 0.15) is 5.60 Å². The Hall–Kier alpha value is -1.95. The van der Waals surface area contributed by atoms with Crippen LogP contribution >= 0.6 is 11.3 Å². The Balaban J connectivity index is 1.47. The highest BCUT2D eigenvalue weighted by molar-refractivity contribution is 7.15. The average Bonchev–Trinajstić information content (AvgIpc) is 3.29. The van der Waals surface area contributed by atoms with Gasteiger partial charge in [-0.05, 0) is 42.7 Å². The van der Waals surface area contributed by atoms with Crippen molar-refractivity contribution < 1.29 is 5.11 Å². The van der Waals surface area contributed by atoms with E-state index in [0.717, 1.165) is 30.8 Å². The molecule has 0 radical (unpaired) electrons. The van der Waals surface area contributed by atoms with Crippen molar-refractivity contribution >= 4 is 11.3 Å². The van der Waals surface area contributed by atoms with Gasteiger partial charge in [-0.3, -0.25) is 10.00 Å². The molecule has 1 aliphatic heterocycles. The largest absolute Gasteiger partial charge is 0.384 e. The summed E-state index contributed by atoms with van der Waals surface area (Å²) in [7, 11) is 0. The molecule has 0 amide bonds. The molecular weight excluding hydrogens is 318 g/mol. The fraction of sp³-hybridized carbons (Fsp3) is 0.316. The summed E-state index contributed by atoms with van der Waals surface area (Å²) in [5.41, 5.74) is 2.56. The molecule has 0 unspecified atom stereocenters. The Morgan fingerprint density at radius 3 is 2.92 bits per heavy atom. The van der Waals surface area contributed by atoms with Crippen molar-refractivity contribution in [1.29, 1.82) is 0 Å². The average molecular weight is 339 g/mol. The zero-order valence-corrected chi connectivity index (χ0v) is 14.5. The molecule has 2 aromatic heterocycles. The first-order valence-corrected chi connectivity index (χ1v) is 9.05. The minimum absolute atomic E-state index is 0.690. The van der Waals surface area contributed by atoms with Crippen LogP contribution in [0.1, 0.15) is 22.4 Å². The van der Waals surface area contributed by atoms with E-state index >= 15 is 0 Å². The Kier molecular flexibility index (Phi) is 4.00. The van der Waals surface area contributed by atoms with Crippen LogP contribution in [0.2, 0.25) is 0 Å². The van der Waals surface area contributed by atoms with Crippen LogP contribution in [0.5, 0.6) is 0 Å². The lowest BCUT2D eigenvalue weighted by Crippen LogP contribution is -2.31. The molecule has 1 saturated heterocycles. The van der Waals surface area contributed by atoms with Gasteiger partial charge in [0.25, 0.3) is 0 Å². The Morgan fingerprint density at radius 1 is 1.25 bits per heavy atom. The zero-order valence-electron chi connectivity index (χ0n) is 13.7. The van der Waals surface area contributed by atoms with Gasteiger partial charge < -0.3 is 5.11 Å². The van der Waals surface area contributed by atoms with Gasteiger partial charge in [0.05, 0.1) is 10.6 Å². The predicted octanol–water partition coefficient (Wildman–Crippen LogP) is 3.54. The molecule has 4 nitrogen and oxygen atoms in total. The molecule has 24 heavy (non-hydrogen) atoms. The van der Waals surface area contributed by atoms with Crippen molar-refractivity contribution in [2.24, 2.45) is 0 Å². The summed E-state index contributed by atoms with van der Waals surface area (Å²) in [5, 5.41) is 18.1. The molecule has 5 heteroatoms. The Bertz CT molecular complexity index is 827. The highest BCUT2D eigenvalue weighted by Crippen LogP contribution is 2.35. The first-order chi connectivity index (χ1) is 11.6. The molecule has 1 fully saturated rings. The van der Waals surface area contributed by atoms with Gasteiger partial charge in [0, 0.05) is 30.7 Å². The maximum Gasteiger partial charge on any atom is 0.104 e. The number of likely N-dealkylation sites (tertiary alicyclic amines) is 1. The fourth-order valence-electron chi connectivity index (χ4n) is 3.54. The van der Waals surface area contributed by atoms with Gasteiger partial charge in [-0.15, -0.1) is 11.3 Å². The molecule has 2 N–H and O–H groups in total. The molecule has 3 aromatic rings. The van der Waals surface area contributed by atoms with E-state index in [1.54, 1.807) is 17.5 Å². The molecule has 3 heterocycles. The third-order valence-electron chi connectivity index (χ3n) is 4.78. The third-order valence-corrected chi connectivity index (χ3v) is 5.88. The van der Waals surface area contributed by atoms with Gasteiger partial charge in [0.15, 0.2) is 0 Å². The quantitative estimate of drug-likeness (QED) is 0.764. The van der Waals surface area contributed by atoms with Gasteiger partial charge in [-0.2, -0.15) is 5.10 Å². The monoisotopic (exact) mass is 339 g/mol. The predicted molar refractivity (Wildman–Crippen MR) is 96.9 cm³/mol. The minimum atomic E-state index is -0.727. The van der Waals surface area contributed by atoms with Crippen LogP contribution in [0.3, 0.4) is 0 Å². The lowest BCUT2D eigenvalue weighted by molar-refractivity contribution is 0.0448. The number of H-pyrrole nitrogens is 1. The molecule has 1 aromatic carbocycles. The summed E-state index contributed by atoms with van der Waals surface area (Å²) >= 11 is 1.78. The second-order valence-corrected chi connectivity index (χ2v) is 7.71. The number of nitrogens with one attached hydrogen (secondary N) is 1. The summed E-state index contributed by atoms with van der Waals surface area (Å²) in [4.78, 5) is 4.86. The van der Waals surface area contributed by atoms with Crippen molar-refractivity contribution in [1.82, 2.24) is 15.1 Å². The number of hydrogen-bond donors (Lipinski definition) is 2. The Morgan fingerprint density at radius 2 is 2.12 bits per heavy atom. The lowest BCUT2D eigenvalue weighted by atomic mass is 9.89. The molecular formula is C19H21N3OS. The summed E-state index contributed by atoms with van der Waals surface area (Å²) in [6, 6.07) is 14.5. The lowest BCUT2D eigenvalue weighted by Gasteiger charge is -2.25. The van der Waals surface area contributed by atoms with Crippen molar-refractivity contribution in [2.45, 2.75) is 25.5 Å². The number of rotatable bonds is 4. The number of thiophene rings is 1. The van der Waals surface area contributed by atoms with Crippen molar-refractivity contribution in [3.8, 4) is 10.6 Å². The second kappa shape index (κ2) is 6.16. The number of aliphatic hydroxyl groups is 1. The van der Waals surface area contributed by atoms with E-state index in [2.05, 4.69) is 46.3 Å². The topological polar surface area (TPSA) is 52.1 Å². The van der Waals surface area contributed by atoms with Crippen LogP contribution in [-0.2, 0) is 12.1 Å². The van der Waals surface area contributed by atoms with Gasteiger partial charge in [-0.25, -0.2) is 0 Å². The highest BCUT2D eigenvalue weighted by atomic mass is 32.1. The standard InChI is InChI=1S/C19H21N3OS/c1-14-4-2-3-5-16(14)19(23)9-11-22(13-19)12-15-6-7-18(24-15)17-8-10-20-21-17/h2-8,10,23H,9,11-13H2,1H3,(H,20,21)/t19-/m1/s1. The first kappa shape index (κ1) is 15.6. The SMILES string of the molecule is Cc1ccccc1[C@@]1(O)CCN(Cc2ccc(-c3ccn[nH]3)s2)C1. The summed E-state index contributed by atoms with van der Waals surface area (Å²) in [6.45, 7) is 4.57. The van der Waals surface area contributed by atoms with Crippen LogP contribution < -0.4 is 0 Å². The number of aryl methyl sites for hydroxylation is 1. The molecule has 124 valence electrons. The van der Waals surface area contributed by atoms with Crippen LogP contribution in [0.25, 0.3) is 10.6 Å². The second-order valence-electron chi connectivity index (χ2n) is 6.54. The molecule has 0 spiro atoms. The maximum atomic E-state index is 11.1. The number of hydrogen-bond acceptors (Lipinski definition) is 4. The molecule has 4 rings (SSSR count). The molecule has 1 atom stereocenters. The highest BCUT2D eigenvalue weighted by Gasteiger charge is 2.38. The number of β-amino-alcohol motifs (C(OH)–C–C–N with tert-alkyl or cyclic N) is 1. The van der Waals surface area contributed by atoms with Crippen molar-refractivity contribution in [3.05, 3.63) is 64.7 Å². The zero-order chi connectivity index (χ0) is 16.6. The Labute approximate surface area is 145 Å². The van der Waals surface area contributed by atoms with E-state index in [1.165, 1.54) is 15.3 Å². The molecule has 0 saturated carbocycles. The van der Waals surface area contributed by atoms with E-state index in [1.807, 2.05) is 18.2 Å². The molecule has 0 aliphatic carbocycles.